The first-order valence-corrected chi connectivity index (χ1v) is 6.46. The highest BCUT2D eigenvalue weighted by Crippen LogP contribution is 2.30. The largest absolute Gasteiger partial charge is 0.480 e. The first-order valence-electron chi connectivity index (χ1n) is 6.46. The van der Waals surface area contributed by atoms with Gasteiger partial charge in [0.15, 0.2) is 0 Å². The van der Waals surface area contributed by atoms with E-state index in [9.17, 15) is 14.7 Å². The number of nitrogens with one attached hydrogen (secondary N) is 1. The Kier molecular flexibility index (Phi) is 4.57. The van der Waals surface area contributed by atoms with Crippen molar-refractivity contribution in [3.05, 3.63) is 35.9 Å². The molecule has 0 aliphatic heterocycles. The number of carbonyl (C=O) groups excluding carboxylic acids is 1. The highest BCUT2D eigenvalue weighted by molar-refractivity contribution is 5.80. The van der Waals surface area contributed by atoms with Gasteiger partial charge in [0.2, 0.25) is 0 Å². The molecule has 6 heteroatoms. The molecule has 0 radical (unpaired) electrons. The van der Waals surface area contributed by atoms with Gasteiger partial charge in [-0.15, -0.1) is 0 Å². The fraction of sp³-hybridized carbons (Fsp3) is 0.429. The van der Waals surface area contributed by atoms with Crippen LogP contribution in [-0.2, 0) is 16.1 Å². The Balaban J connectivity index is 1.84. The van der Waals surface area contributed by atoms with E-state index >= 15 is 0 Å². The highest BCUT2D eigenvalue weighted by atomic mass is 16.5. The van der Waals surface area contributed by atoms with Crippen LogP contribution in [0.3, 0.4) is 0 Å². The molecule has 1 fully saturated rings. The summed E-state index contributed by atoms with van der Waals surface area (Å²) in [4.78, 5) is 22.7. The third-order valence-electron chi connectivity index (χ3n) is 3.47. The van der Waals surface area contributed by atoms with Crippen LogP contribution >= 0.6 is 0 Å². The molecule has 2 rings (SSSR count). The molecule has 1 aliphatic carbocycles. The summed E-state index contributed by atoms with van der Waals surface area (Å²) in [5, 5.41) is 20.9. The van der Waals surface area contributed by atoms with E-state index in [0.29, 0.717) is 12.8 Å². The van der Waals surface area contributed by atoms with Crippen LogP contribution in [0.1, 0.15) is 18.4 Å². The standard InChI is InChI=1S/C14H17NO5/c16-11-7-6-10(11)12(13(17)18)15-14(19)20-8-9-4-2-1-3-5-9/h1-5,10-12,16H,6-8H2,(H,15,19)(H,17,18). The second-order valence-corrected chi connectivity index (χ2v) is 4.83. The molecule has 3 atom stereocenters. The van der Waals surface area contributed by atoms with Gasteiger partial charge in [0.05, 0.1) is 6.10 Å². The smallest absolute Gasteiger partial charge is 0.408 e. The third kappa shape index (κ3) is 3.48. The number of carboxylic acids is 1. The van der Waals surface area contributed by atoms with E-state index in [1.807, 2.05) is 18.2 Å². The summed E-state index contributed by atoms with van der Waals surface area (Å²) in [6.07, 6.45) is -0.322. The van der Waals surface area contributed by atoms with Crippen molar-refractivity contribution in [1.29, 1.82) is 0 Å². The van der Waals surface area contributed by atoms with E-state index in [4.69, 9.17) is 9.84 Å². The fourth-order valence-electron chi connectivity index (χ4n) is 2.14. The van der Waals surface area contributed by atoms with Crippen molar-refractivity contribution in [3.8, 4) is 0 Å². The van der Waals surface area contributed by atoms with E-state index < -0.39 is 30.1 Å². The van der Waals surface area contributed by atoms with Crippen molar-refractivity contribution >= 4 is 12.1 Å². The number of hydrogen-bond donors (Lipinski definition) is 3. The van der Waals surface area contributed by atoms with Crippen LogP contribution in [0, 0.1) is 5.92 Å². The average molecular weight is 279 g/mol. The number of aliphatic hydroxyl groups is 1. The van der Waals surface area contributed by atoms with E-state index in [0.717, 1.165) is 5.56 Å². The predicted molar refractivity (Wildman–Crippen MR) is 69.9 cm³/mol. The Morgan fingerprint density at radius 2 is 2.00 bits per heavy atom. The van der Waals surface area contributed by atoms with E-state index in [1.165, 1.54) is 0 Å². The van der Waals surface area contributed by atoms with Gasteiger partial charge in [-0.1, -0.05) is 30.3 Å². The fourth-order valence-corrected chi connectivity index (χ4v) is 2.14. The van der Waals surface area contributed by atoms with Crippen molar-refractivity contribution in [2.75, 3.05) is 0 Å². The summed E-state index contributed by atoms with van der Waals surface area (Å²) in [6, 6.07) is 7.99. The van der Waals surface area contributed by atoms with Crippen LogP contribution in [0.2, 0.25) is 0 Å². The number of rotatable bonds is 5. The zero-order chi connectivity index (χ0) is 14.5. The molecule has 1 saturated carbocycles. The number of carbonyl (C=O) groups is 2. The lowest BCUT2D eigenvalue weighted by Gasteiger charge is -2.36. The monoisotopic (exact) mass is 279 g/mol. The number of hydrogen-bond acceptors (Lipinski definition) is 4. The summed E-state index contributed by atoms with van der Waals surface area (Å²) in [5.41, 5.74) is 0.818. The molecule has 3 unspecified atom stereocenters. The van der Waals surface area contributed by atoms with Crippen molar-refractivity contribution in [3.63, 3.8) is 0 Å². The first-order chi connectivity index (χ1) is 9.58. The second-order valence-electron chi connectivity index (χ2n) is 4.83. The quantitative estimate of drug-likeness (QED) is 0.751. The van der Waals surface area contributed by atoms with Crippen LogP contribution in [0.4, 0.5) is 4.79 Å². The molecule has 1 aliphatic rings. The van der Waals surface area contributed by atoms with Gasteiger partial charge < -0.3 is 20.3 Å². The summed E-state index contributed by atoms with van der Waals surface area (Å²) in [7, 11) is 0. The lowest BCUT2D eigenvalue weighted by molar-refractivity contribution is -0.144. The number of ether oxygens (including phenoxy) is 1. The highest BCUT2D eigenvalue weighted by Gasteiger charge is 2.40. The van der Waals surface area contributed by atoms with E-state index in [2.05, 4.69) is 5.32 Å². The molecule has 20 heavy (non-hydrogen) atoms. The molecule has 0 bridgehead atoms. The number of amides is 1. The van der Waals surface area contributed by atoms with Gasteiger partial charge in [-0.2, -0.15) is 0 Å². The number of aliphatic hydroxyl groups excluding tert-OH is 1. The van der Waals surface area contributed by atoms with Crippen LogP contribution in [0.15, 0.2) is 30.3 Å². The van der Waals surface area contributed by atoms with Gasteiger partial charge in [-0.05, 0) is 18.4 Å². The van der Waals surface area contributed by atoms with Gasteiger partial charge in [0.1, 0.15) is 12.6 Å². The third-order valence-corrected chi connectivity index (χ3v) is 3.47. The zero-order valence-corrected chi connectivity index (χ0v) is 10.9. The van der Waals surface area contributed by atoms with E-state index in [1.54, 1.807) is 12.1 Å². The lowest BCUT2D eigenvalue weighted by Crippen LogP contribution is -2.53. The molecule has 6 nitrogen and oxygen atoms in total. The molecule has 1 aromatic rings. The molecule has 0 heterocycles. The number of aliphatic carboxylic acids is 1. The van der Waals surface area contributed by atoms with Gasteiger partial charge in [-0.25, -0.2) is 9.59 Å². The minimum atomic E-state index is -1.16. The number of carboxylic acid groups (broad SMARTS) is 1. The molecule has 0 spiro atoms. The Labute approximate surface area is 116 Å². The molecule has 1 amide bonds. The normalized spacial score (nSPS) is 22.4. The van der Waals surface area contributed by atoms with Gasteiger partial charge >= 0.3 is 12.1 Å². The summed E-state index contributed by atoms with van der Waals surface area (Å²) < 4.78 is 4.97. The van der Waals surface area contributed by atoms with Gasteiger partial charge in [-0.3, -0.25) is 0 Å². The maximum absolute atomic E-state index is 11.6. The first kappa shape index (κ1) is 14.3. The van der Waals surface area contributed by atoms with Crippen LogP contribution < -0.4 is 5.32 Å². The predicted octanol–water partition coefficient (Wildman–Crippen LogP) is 1.14. The van der Waals surface area contributed by atoms with Crippen LogP contribution in [-0.4, -0.2) is 34.4 Å². The molecule has 0 saturated heterocycles. The van der Waals surface area contributed by atoms with Crippen molar-refractivity contribution in [2.24, 2.45) is 5.92 Å². The van der Waals surface area contributed by atoms with Gasteiger partial charge in [0, 0.05) is 5.92 Å². The molecule has 1 aromatic carbocycles. The minimum Gasteiger partial charge on any atom is -0.480 e. The summed E-state index contributed by atoms with van der Waals surface area (Å²) in [5.74, 6) is -1.61. The maximum atomic E-state index is 11.6. The van der Waals surface area contributed by atoms with Crippen molar-refractivity contribution < 1.29 is 24.5 Å². The van der Waals surface area contributed by atoms with E-state index in [-0.39, 0.29) is 6.61 Å². The maximum Gasteiger partial charge on any atom is 0.408 e. The number of benzene rings is 1. The summed E-state index contributed by atoms with van der Waals surface area (Å²) >= 11 is 0. The van der Waals surface area contributed by atoms with Crippen LogP contribution in [0.5, 0.6) is 0 Å². The zero-order valence-electron chi connectivity index (χ0n) is 10.9. The van der Waals surface area contributed by atoms with Gasteiger partial charge in [0.25, 0.3) is 0 Å². The van der Waals surface area contributed by atoms with Crippen molar-refractivity contribution in [1.82, 2.24) is 5.32 Å². The minimum absolute atomic E-state index is 0.0756. The Bertz CT molecular complexity index is 476. The molecule has 3 N–H and O–H groups in total. The molecule has 108 valence electrons. The average Bonchev–Trinajstić information content (AvgIpc) is 2.43. The number of alkyl carbamates (subject to hydrolysis) is 1. The Morgan fingerprint density at radius 1 is 1.30 bits per heavy atom. The Morgan fingerprint density at radius 3 is 2.50 bits per heavy atom. The van der Waals surface area contributed by atoms with Crippen LogP contribution in [0.25, 0.3) is 0 Å². The molecule has 0 aromatic heterocycles. The van der Waals surface area contributed by atoms with Crippen molar-refractivity contribution in [2.45, 2.75) is 31.6 Å². The molecular weight excluding hydrogens is 262 g/mol. The molecular formula is C14H17NO5. The second kappa shape index (κ2) is 6.38. The lowest BCUT2D eigenvalue weighted by atomic mass is 9.77. The Hall–Kier alpha value is -2.08. The summed E-state index contributed by atoms with van der Waals surface area (Å²) in [6.45, 7) is 0.0756. The topological polar surface area (TPSA) is 95.9 Å². The SMILES string of the molecule is O=C(NC(C(=O)O)C1CCC1O)OCc1ccccc1.